The summed E-state index contributed by atoms with van der Waals surface area (Å²) in [5.41, 5.74) is 0.756. The van der Waals surface area contributed by atoms with E-state index in [1.165, 1.54) is 18.5 Å². The van der Waals surface area contributed by atoms with Crippen molar-refractivity contribution in [3.8, 4) is 0 Å². The highest BCUT2D eigenvalue weighted by Gasteiger charge is 2.26. The Morgan fingerprint density at radius 1 is 0.931 bits per heavy atom. The van der Waals surface area contributed by atoms with Gasteiger partial charge in [0.15, 0.2) is 5.76 Å². The first kappa shape index (κ1) is 18.7. The molecule has 8 heteroatoms. The lowest BCUT2D eigenvalue weighted by atomic mass is 10.2. The molecule has 4 rings (SSSR count). The van der Waals surface area contributed by atoms with Crippen LogP contribution in [0.5, 0.6) is 0 Å². The number of hydrogen-bond donors (Lipinski definition) is 1. The Kier molecular flexibility index (Phi) is 5.24. The highest BCUT2D eigenvalue weighted by Crippen LogP contribution is 2.19. The maximum atomic E-state index is 13.7. The van der Waals surface area contributed by atoms with E-state index in [4.69, 9.17) is 4.42 Å². The van der Waals surface area contributed by atoms with E-state index in [2.05, 4.69) is 10.3 Å². The maximum absolute atomic E-state index is 13.7. The van der Waals surface area contributed by atoms with Crippen LogP contribution in [0.2, 0.25) is 0 Å². The molecule has 148 valence electrons. The average molecular weight is 394 g/mol. The van der Waals surface area contributed by atoms with Gasteiger partial charge in [0.2, 0.25) is 0 Å². The first-order valence-electron chi connectivity index (χ1n) is 9.21. The fourth-order valence-corrected chi connectivity index (χ4v) is 3.15. The van der Waals surface area contributed by atoms with Gasteiger partial charge in [-0.15, -0.1) is 0 Å². The van der Waals surface area contributed by atoms with E-state index in [1.54, 1.807) is 52.3 Å². The first-order chi connectivity index (χ1) is 14.1. The van der Waals surface area contributed by atoms with Crippen LogP contribution < -0.4 is 5.32 Å². The molecule has 0 atom stereocenters. The Bertz CT molecular complexity index is 997. The van der Waals surface area contributed by atoms with Gasteiger partial charge in [-0.1, -0.05) is 12.1 Å². The average Bonchev–Trinajstić information content (AvgIpc) is 3.30. The zero-order valence-electron chi connectivity index (χ0n) is 15.5. The number of anilines is 2. The fraction of sp³-hybridized carbons (Fsp3) is 0.190. The standard InChI is InChI=1S/C21H19FN4O3/c22-16-4-1-2-5-17(16)24-19-8-7-15(14-23-19)20(27)25-9-11-26(12-10-25)21(28)18-6-3-13-29-18/h1-8,13-14H,9-12H2,(H,23,24). The van der Waals surface area contributed by atoms with Crippen molar-refractivity contribution in [1.29, 1.82) is 0 Å². The number of nitrogens with one attached hydrogen (secondary N) is 1. The maximum Gasteiger partial charge on any atom is 0.289 e. The molecule has 0 unspecified atom stereocenters. The lowest BCUT2D eigenvalue weighted by molar-refractivity contribution is 0.0518. The van der Waals surface area contributed by atoms with E-state index in [-0.39, 0.29) is 17.6 Å². The molecule has 1 N–H and O–H groups in total. The minimum atomic E-state index is -0.378. The van der Waals surface area contributed by atoms with Gasteiger partial charge in [0.25, 0.3) is 11.8 Å². The molecule has 1 aliphatic heterocycles. The summed E-state index contributed by atoms with van der Waals surface area (Å²) >= 11 is 0. The summed E-state index contributed by atoms with van der Waals surface area (Å²) in [5, 5.41) is 2.89. The number of hydrogen-bond acceptors (Lipinski definition) is 5. The van der Waals surface area contributed by atoms with E-state index in [9.17, 15) is 14.0 Å². The summed E-state index contributed by atoms with van der Waals surface area (Å²) in [6, 6.07) is 12.9. The van der Waals surface area contributed by atoms with Crippen LogP contribution in [0.25, 0.3) is 0 Å². The molecule has 2 aromatic heterocycles. The molecular weight excluding hydrogens is 375 g/mol. The van der Waals surface area contributed by atoms with Crippen LogP contribution in [0.3, 0.4) is 0 Å². The van der Waals surface area contributed by atoms with Crippen molar-refractivity contribution in [2.75, 3.05) is 31.5 Å². The number of piperazine rings is 1. The summed E-state index contributed by atoms with van der Waals surface area (Å²) in [4.78, 5) is 32.6. The van der Waals surface area contributed by atoms with E-state index in [0.29, 0.717) is 49.0 Å². The molecule has 0 bridgehead atoms. The molecular formula is C21H19FN4O3. The second-order valence-electron chi connectivity index (χ2n) is 6.60. The number of benzene rings is 1. The first-order valence-corrected chi connectivity index (χ1v) is 9.21. The van der Waals surface area contributed by atoms with Gasteiger partial charge in [0, 0.05) is 32.4 Å². The second-order valence-corrected chi connectivity index (χ2v) is 6.60. The Balaban J connectivity index is 1.35. The van der Waals surface area contributed by atoms with Crippen molar-refractivity contribution in [3.63, 3.8) is 0 Å². The summed E-state index contributed by atoms with van der Waals surface area (Å²) in [6.45, 7) is 1.73. The minimum Gasteiger partial charge on any atom is -0.459 e. The topological polar surface area (TPSA) is 78.7 Å². The molecule has 0 aliphatic carbocycles. The van der Waals surface area contributed by atoms with Gasteiger partial charge in [0.05, 0.1) is 17.5 Å². The van der Waals surface area contributed by atoms with Crippen LogP contribution in [-0.4, -0.2) is 52.8 Å². The van der Waals surface area contributed by atoms with Gasteiger partial charge in [-0.3, -0.25) is 9.59 Å². The van der Waals surface area contributed by atoms with Crippen molar-refractivity contribution < 1.29 is 18.4 Å². The number of furan rings is 1. The largest absolute Gasteiger partial charge is 0.459 e. The molecule has 1 fully saturated rings. The number of amides is 2. The molecule has 0 spiro atoms. The number of aromatic nitrogens is 1. The number of halogens is 1. The van der Waals surface area contributed by atoms with Crippen LogP contribution in [0, 0.1) is 5.82 Å². The molecule has 1 aliphatic rings. The van der Waals surface area contributed by atoms with Crippen molar-refractivity contribution in [3.05, 3.63) is 78.1 Å². The summed E-state index contributed by atoms with van der Waals surface area (Å²) < 4.78 is 18.9. The van der Waals surface area contributed by atoms with Crippen molar-refractivity contribution in [2.45, 2.75) is 0 Å². The molecule has 2 amide bonds. The van der Waals surface area contributed by atoms with Crippen LogP contribution in [0.15, 0.2) is 65.4 Å². The number of carbonyl (C=O) groups excluding carboxylic acids is 2. The molecule has 0 radical (unpaired) electrons. The monoisotopic (exact) mass is 394 g/mol. The van der Waals surface area contributed by atoms with Crippen LogP contribution in [0.4, 0.5) is 15.9 Å². The predicted molar refractivity (Wildman–Crippen MR) is 104 cm³/mol. The Morgan fingerprint density at radius 2 is 1.66 bits per heavy atom. The third kappa shape index (κ3) is 4.11. The normalized spacial score (nSPS) is 14.0. The molecule has 3 aromatic rings. The van der Waals surface area contributed by atoms with Gasteiger partial charge in [-0.05, 0) is 36.4 Å². The Hall–Kier alpha value is -3.68. The highest BCUT2D eigenvalue weighted by molar-refractivity contribution is 5.95. The van der Waals surface area contributed by atoms with Crippen LogP contribution >= 0.6 is 0 Å². The van der Waals surface area contributed by atoms with Crippen LogP contribution in [0.1, 0.15) is 20.9 Å². The van der Waals surface area contributed by atoms with E-state index in [0.717, 1.165) is 0 Å². The summed E-state index contributed by atoms with van der Waals surface area (Å²) in [7, 11) is 0. The number of nitrogens with zero attached hydrogens (tertiary/aromatic N) is 3. The van der Waals surface area contributed by atoms with E-state index >= 15 is 0 Å². The van der Waals surface area contributed by atoms with Gasteiger partial charge >= 0.3 is 0 Å². The predicted octanol–water partition coefficient (Wildman–Crippen LogP) is 3.16. The Labute approximate surface area is 166 Å². The third-order valence-corrected chi connectivity index (χ3v) is 4.73. The quantitative estimate of drug-likeness (QED) is 0.735. The number of pyridine rings is 1. The third-order valence-electron chi connectivity index (χ3n) is 4.73. The molecule has 1 aromatic carbocycles. The van der Waals surface area contributed by atoms with Crippen molar-refractivity contribution in [2.24, 2.45) is 0 Å². The second kappa shape index (κ2) is 8.14. The summed E-state index contributed by atoms with van der Waals surface area (Å²) in [6.07, 6.45) is 2.93. The zero-order chi connectivity index (χ0) is 20.2. The lowest BCUT2D eigenvalue weighted by Crippen LogP contribution is -2.50. The van der Waals surface area contributed by atoms with Crippen molar-refractivity contribution in [1.82, 2.24) is 14.8 Å². The molecule has 29 heavy (non-hydrogen) atoms. The smallest absolute Gasteiger partial charge is 0.289 e. The van der Waals surface area contributed by atoms with Crippen LogP contribution in [-0.2, 0) is 0 Å². The zero-order valence-corrected chi connectivity index (χ0v) is 15.5. The SMILES string of the molecule is O=C(c1ccc(Nc2ccccc2F)nc1)N1CCN(C(=O)c2ccco2)CC1. The lowest BCUT2D eigenvalue weighted by Gasteiger charge is -2.34. The number of carbonyl (C=O) groups is 2. The number of para-hydroxylation sites is 1. The molecule has 0 saturated carbocycles. The van der Waals surface area contributed by atoms with Crippen molar-refractivity contribution >= 4 is 23.3 Å². The van der Waals surface area contributed by atoms with E-state index in [1.807, 2.05) is 0 Å². The van der Waals surface area contributed by atoms with Gasteiger partial charge in [-0.2, -0.15) is 0 Å². The molecule has 7 nitrogen and oxygen atoms in total. The van der Waals surface area contributed by atoms with Gasteiger partial charge in [-0.25, -0.2) is 9.37 Å². The minimum absolute atomic E-state index is 0.153. The van der Waals surface area contributed by atoms with Gasteiger partial charge < -0.3 is 19.5 Å². The van der Waals surface area contributed by atoms with E-state index < -0.39 is 0 Å². The number of rotatable bonds is 4. The molecule has 1 saturated heterocycles. The molecule has 3 heterocycles. The van der Waals surface area contributed by atoms with Gasteiger partial charge in [0.1, 0.15) is 11.6 Å². The summed E-state index contributed by atoms with van der Waals surface area (Å²) in [5.74, 6) is 0.0382. The highest BCUT2D eigenvalue weighted by atomic mass is 19.1. The fourth-order valence-electron chi connectivity index (χ4n) is 3.15. The Morgan fingerprint density at radius 3 is 2.28 bits per heavy atom.